The molecule has 8 heteroatoms. The summed E-state index contributed by atoms with van der Waals surface area (Å²) in [5, 5.41) is 7.62. The second-order valence-electron chi connectivity index (χ2n) is 10.3. The summed E-state index contributed by atoms with van der Waals surface area (Å²) in [6.07, 6.45) is 1.24. The molecule has 0 saturated carbocycles. The van der Waals surface area contributed by atoms with Crippen molar-refractivity contribution in [2.45, 2.75) is 90.2 Å². The quantitative estimate of drug-likeness (QED) is 0.516. The molecule has 0 spiro atoms. The summed E-state index contributed by atoms with van der Waals surface area (Å²) in [7, 11) is 1.81. The Hall–Kier alpha value is -2.48. The Morgan fingerprint density at radius 3 is 2.18 bits per heavy atom. The van der Waals surface area contributed by atoms with Gasteiger partial charge in [0.1, 0.15) is 5.60 Å². The van der Waals surface area contributed by atoms with E-state index >= 15 is 0 Å². The van der Waals surface area contributed by atoms with Crippen LogP contribution in [0.5, 0.6) is 0 Å². The first-order valence-electron chi connectivity index (χ1n) is 11.9. The highest BCUT2D eigenvalue weighted by Crippen LogP contribution is 2.35. The zero-order valence-electron chi connectivity index (χ0n) is 22.1. The molecule has 0 aliphatic heterocycles. The van der Waals surface area contributed by atoms with Crippen molar-refractivity contribution in [3.05, 3.63) is 35.7 Å². The number of rotatable bonds is 8. The molecule has 34 heavy (non-hydrogen) atoms. The summed E-state index contributed by atoms with van der Waals surface area (Å²) in [4.78, 5) is 28.5. The van der Waals surface area contributed by atoms with Crippen LogP contribution in [0.2, 0.25) is 0 Å². The molecule has 0 bridgehead atoms. The van der Waals surface area contributed by atoms with E-state index in [0.717, 1.165) is 39.7 Å². The number of anilines is 1. The zero-order valence-corrected chi connectivity index (χ0v) is 22.9. The van der Waals surface area contributed by atoms with Crippen molar-refractivity contribution in [3.8, 4) is 0 Å². The molecule has 0 fully saturated rings. The number of benzene rings is 1. The van der Waals surface area contributed by atoms with E-state index < -0.39 is 17.1 Å². The largest absolute Gasteiger partial charge is 0.444 e. The molecular weight excluding hydrogens is 448 g/mol. The number of amides is 2. The number of aromatic nitrogens is 2. The van der Waals surface area contributed by atoms with Crippen molar-refractivity contribution in [2.24, 2.45) is 5.41 Å². The number of carbonyl (C=O) groups excluding carboxylic acids is 2. The fraction of sp³-hybridized carbons (Fsp3) is 0.577. The van der Waals surface area contributed by atoms with Crippen LogP contribution >= 0.6 is 11.8 Å². The fourth-order valence-corrected chi connectivity index (χ4v) is 4.64. The highest BCUT2D eigenvalue weighted by atomic mass is 32.2. The third-order valence-electron chi connectivity index (χ3n) is 5.13. The molecule has 1 heterocycles. The second-order valence-corrected chi connectivity index (χ2v) is 11.4. The van der Waals surface area contributed by atoms with Gasteiger partial charge in [-0.3, -0.25) is 9.48 Å². The van der Waals surface area contributed by atoms with Crippen molar-refractivity contribution >= 4 is 29.4 Å². The first-order chi connectivity index (χ1) is 15.8. The topological polar surface area (TPSA) is 76.5 Å². The van der Waals surface area contributed by atoms with E-state index in [9.17, 15) is 9.59 Å². The number of ether oxygens (including phenoxy) is 1. The Kier molecular flexibility index (Phi) is 9.22. The molecule has 0 aliphatic carbocycles. The van der Waals surface area contributed by atoms with Gasteiger partial charge in [-0.25, -0.2) is 4.79 Å². The van der Waals surface area contributed by atoms with Crippen LogP contribution in [0.4, 0.5) is 10.5 Å². The first-order valence-corrected chi connectivity index (χ1v) is 12.7. The van der Waals surface area contributed by atoms with Crippen molar-refractivity contribution < 1.29 is 14.3 Å². The molecule has 0 aliphatic rings. The molecule has 2 aromatic rings. The number of aryl methyl sites for hydroxylation is 1. The van der Waals surface area contributed by atoms with E-state index in [0.29, 0.717) is 13.1 Å². The van der Waals surface area contributed by atoms with E-state index in [1.54, 1.807) is 16.7 Å². The predicted molar refractivity (Wildman–Crippen MR) is 139 cm³/mol. The average Bonchev–Trinajstić information content (AvgIpc) is 3.07. The van der Waals surface area contributed by atoms with E-state index in [1.165, 1.54) is 0 Å². The average molecular weight is 489 g/mol. The Labute approximate surface area is 208 Å². The van der Waals surface area contributed by atoms with Gasteiger partial charge in [0.2, 0.25) is 5.91 Å². The van der Waals surface area contributed by atoms with Gasteiger partial charge in [-0.05, 0) is 57.9 Å². The molecular formula is C26H40N4O3S. The molecule has 188 valence electrons. The third kappa shape index (κ3) is 7.52. The predicted octanol–water partition coefficient (Wildman–Crippen LogP) is 5.69. The van der Waals surface area contributed by atoms with Crippen molar-refractivity contribution in [2.75, 3.05) is 18.5 Å². The van der Waals surface area contributed by atoms with Gasteiger partial charge in [-0.15, -0.1) is 0 Å². The van der Waals surface area contributed by atoms with Gasteiger partial charge < -0.3 is 15.0 Å². The summed E-state index contributed by atoms with van der Waals surface area (Å²) < 4.78 is 7.30. The van der Waals surface area contributed by atoms with E-state index in [1.807, 2.05) is 77.5 Å². The minimum absolute atomic E-state index is 0.0794. The number of nitrogens with zero attached hydrogens (tertiary/aromatic N) is 3. The van der Waals surface area contributed by atoms with Crippen molar-refractivity contribution in [1.29, 1.82) is 0 Å². The van der Waals surface area contributed by atoms with Crippen molar-refractivity contribution in [1.82, 2.24) is 15.1 Å². The lowest BCUT2D eigenvalue weighted by molar-refractivity contribution is -0.125. The Balaban J connectivity index is 2.14. The lowest BCUT2D eigenvalue weighted by Crippen LogP contribution is -2.36. The number of hydrogen-bond donors (Lipinski definition) is 1. The maximum Gasteiger partial charge on any atom is 0.407 e. The lowest BCUT2D eigenvalue weighted by Gasteiger charge is -2.26. The van der Waals surface area contributed by atoms with Crippen LogP contribution in [0.25, 0.3) is 0 Å². The van der Waals surface area contributed by atoms with Crippen LogP contribution in [-0.2, 0) is 28.9 Å². The standard InChI is InChI=1S/C26H40N4O3S/c1-10-20-22(21(11-2)30(28-20)17-16-27-24(32)33-26(6,7)8)34-19-14-12-18(13-15-19)29(9)23(31)25(3,4)5/h12-15H,10-11,16-17H2,1-9H3,(H,27,32). The van der Waals surface area contributed by atoms with E-state index in [-0.39, 0.29) is 5.91 Å². The minimum atomic E-state index is -0.520. The van der Waals surface area contributed by atoms with Gasteiger partial charge in [0, 0.05) is 29.6 Å². The summed E-state index contributed by atoms with van der Waals surface area (Å²) in [6, 6.07) is 8.07. The van der Waals surface area contributed by atoms with E-state index in [2.05, 4.69) is 19.2 Å². The lowest BCUT2D eigenvalue weighted by atomic mass is 9.95. The van der Waals surface area contributed by atoms with Gasteiger partial charge in [0.15, 0.2) is 0 Å². The third-order valence-corrected chi connectivity index (χ3v) is 6.31. The maximum absolute atomic E-state index is 12.6. The highest BCUT2D eigenvalue weighted by molar-refractivity contribution is 7.99. The highest BCUT2D eigenvalue weighted by Gasteiger charge is 2.26. The first kappa shape index (κ1) is 27.8. The van der Waals surface area contributed by atoms with Gasteiger partial charge in [0.25, 0.3) is 0 Å². The Bertz CT molecular complexity index is 985. The molecule has 0 unspecified atom stereocenters. The number of hydrogen-bond acceptors (Lipinski definition) is 5. The molecule has 2 rings (SSSR count). The molecule has 0 radical (unpaired) electrons. The van der Waals surface area contributed by atoms with Crippen LogP contribution in [0.1, 0.15) is 66.8 Å². The molecule has 1 aromatic heterocycles. The summed E-state index contributed by atoms with van der Waals surface area (Å²) in [6.45, 7) is 16.6. The SMILES string of the molecule is CCc1nn(CCNC(=O)OC(C)(C)C)c(CC)c1Sc1ccc(N(C)C(=O)C(C)(C)C)cc1. The zero-order chi connectivity index (χ0) is 25.7. The maximum atomic E-state index is 12.6. The summed E-state index contributed by atoms with van der Waals surface area (Å²) in [5.74, 6) is 0.0794. The van der Waals surface area contributed by atoms with Gasteiger partial charge in [0.05, 0.1) is 22.8 Å². The summed E-state index contributed by atoms with van der Waals surface area (Å²) >= 11 is 1.69. The fourth-order valence-electron chi connectivity index (χ4n) is 3.47. The molecule has 1 N–H and O–H groups in total. The molecule has 7 nitrogen and oxygen atoms in total. The second kappa shape index (κ2) is 11.3. The molecule has 2 amide bonds. The minimum Gasteiger partial charge on any atom is -0.444 e. The number of carbonyl (C=O) groups is 2. The normalized spacial score (nSPS) is 11.9. The number of alkyl carbamates (subject to hydrolysis) is 1. The van der Waals surface area contributed by atoms with Gasteiger partial charge >= 0.3 is 6.09 Å². The Morgan fingerprint density at radius 1 is 1.06 bits per heavy atom. The van der Waals surface area contributed by atoms with Crippen molar-refractivity contribution in [3.63, 3.8) is 0 Å². The Morgan fingerprint density at radius 2 is 1.68 bits per heavy atom. The number of nitrogens with one attached hydrogen (secondary N) is 1. The van der Waals surface area contributed by atoms with Crippen LogP contribution < -0.4 is 10.2 Å². The molecule has 0 saturated heterocycles. The van der Waals surface area contributed by atoms with Crippen LogP contribution in [0.15, 0.2) is 34.1 Å². The molecule has 0 atom stereocenters. The monoisotopic (exact) mass is 488 g/mol. The van der Waals surface area contributed by atoms with Gasteiger partial charge in [-0.1, -0.05) is 46.4 Å². The smallest absolute Gasteiger partial charge is 0.407 e. The van der Waals surface area contributed by atoms with Gasteiger partial charge in [-0.2, -0.15) is 5.10 Å². The summed E-state index contributed by atoms with van der Waals surface area (Å²) in [5.41, 5.74) is 2.12. The van der Waals surface area contributed by atoms with Crippen LogP contribution in [-0.4, -0.2) is 41.0 Å². The molecule has 1 aromatic carbocycles. The van der Waals surface area contributed by atoms with Crippen LogP contribution in [0.3, 0.4) is 0 Å². The van der Waals surface area contributed by atoms with E-state index in [4.69, 9.17) is 9.84 Å². The van der Waals surface area contributed by atoms with Crippen LogP contribution in [0, 0.1) is 5.41 Å².